The summed E-state index contributed by atoms with van der Waals surface area (Å²) in [4.78, 5) is 2.45. The number of rotatable bonds is 5. The normalized spacial score (nSPS) is 22.6. The molecule has 2 unspecified atom stereocenters. The molecular weight excluding hydrogens is 236 g/mol. The lowest BCUT2D eigenvalue weighted by Gasteiger charge is -2.37. The molecule has 1 aromatic carbocycles. The smallest absolute Gasteiger partial charge is 0.0853 e. The molecule has 2 atom stereocenters. The van der Waals surface area contributed by atoms with Crippen molar-refractivity contribution in [2.75, 3.05) is 19.7 Å². The Morgan fingerprint density at radius 2 is 2.05 bits per heavy atom. The average molecular weight is 262 g/mol. The second-order valence-corrected chi connectivity index (χ2v) is 5.69. The SMILES string of the molecule is CC(C)N1CCOC(C(N)CCc2ccccc2)C1. The van der Waals surface area contributed by atoms with Crippen molar-refractivity contribution >= 4 is 0 Å². The van der Waals surface area contributed by atoms with Gasteiger partial charge in [-0.05, 0) is 32.3 Å². The average Bonchev–Trinajstić information content (AvgIpc) is 2.46. The van der Waals surface area contributed by atoms with E-state index >= 15 is 0 Å². The van der Waals surface area contributed by atoms with E-state index < -0.39 is 0 Å². The Bertz CT molecular complexity index is 366. The van der Waals surface area contributed by atoms with E-state index in [4.69, 9.17) is 10.5 Å². The largest absolute Gasteiger partial charge is 0.374 e. The van der Waals surface area contributed by atoms with Crippen LogP contribution >= 0.6 is 0 Å². The lowest BCUT2D eigenvalue weighted by atomic mass is 10.0. The fraction of sp³-hybridized carbons (Fsp3) is 0.625. The van der Waals surface area contributed by atoms with E-state index in [1.807, 2.05) is 6.07 Å². The molecule has 0 aromatic heterocycles. The number of aryl methyl sites for hydroxylation is 1. The number of benzene rings is 1. The first kappa shape index (κ1) is 14.5. The maximum Gasteiger partial charge on any atom is 0.0853 e. The van der Waals surface area contributed by atoms with E-state index in [2.05, 4.69) is 43.0 Å². The highest BCUT2D eigenvalue weighted by Gasteiger charge is 2.26. The first-order valence-corrected chi connectivity index (χ1v) is 7.32. The Morgan fingerprint density at radius 1 is 1.32 bits per heavy atom. The van der Waals surface area contributed by atoms with Gasteiger partial charge < -0.3 is 10.5 Å². The number of ether oxygens (including phenoxy) is 1. The Kier molecular flexibility index (Phi) is 5.37. The summed E-state index contributed by atoms with van der Waals surface area (Å²) in [6.07, 6.45) is 2.20. The van der Waals surface area contributed by atoms with E-state index in [1.165, 1.54) is 5.56 Å². The maximum absolute atomic E-state index is 6.31. The highest BCUT2D eigenvalue weighted by Crippen LogP contribution is 2.14. The molecule has 1 aromatic rings. The summed E-state index contributed by atoms with van der Waals surface area (Å²) in [5.74, 6) is 0. The third-order valence-electron chi connectivity index (χ3n) is 3.94. The second kappa shape index (κ2) is 7.04. The van der Waals surface area contributed by atoms with Gasteiger partial charge in [0.05, 0.1) is 12.7 Å². The number of nitrogens with zero attached hydrogens (tertiary/aromatic N) is 1. The van der Waals surface area contributed by atoms with Gasteiger partial charge in [0.15, 0.2) is 0 Å². The van der Waals surface area contributed by atoms with Gasteiger partial charge in [0.1, 0.15) is 0 Å². The van der Waals surface area contributed by atoms with Crippen LogP contribution in [-0.4, -0.2) is 42.8 Å². The molecule has 1 heterocycles. The Hall–Kier alpha value is -0.900. The lowest BCUT2D eigenvalue weighted by molar-refractivity contribution is -0.0506. The Labute approximate surface area is 116 Å². The monoisotopic (exact) mass is 262 g/mol. The van der Waals surface area contributed by atoms with Gasteiger partial charge in [0, 0.05) is 25.2 Å². The zero-order chi connectivity index (χ0) is 13.7. The van der Waals surface area contributed by atoms with Crippen LogP contribution < -0.4 is 5.73 Å². The lowest BCUT2D eigenvalue weighted by Crippen LogP contribution is -2.52. The molecule has 2 N–H and O–H groups in total. The van der Waals surface area contributed by atoms with Crippen molar-refractivity contribution in [2.45, 2.75) is 44.9 Å². The highest BCUT2D eigenvalue weighted by molar-refractivity contribution is 5.14. The zero-order valence-corrected chi connectivity index (χ0v) is 12.1. The molecule has 0 amide bonds. The van der Waals surface area contributed by atoms with Crippen LogP contribution in [0.15, 0.2) is 30.3 Å². The summed E-state index contributed by atoms with van der Waals surface area (Å²) in [6.45, 7) is 7.27. The van der Waals surface area contributed by atoms with Crippen molar-refractivity contribution in [3.63, 3.8) is 0 Å². The topological polar surface area (TPSA) is 38.5 Å². The van der Waals surface area contributed by atoms with E-state index in [-0.39, 0.29) is 12.1 Å². The van der Waals surface area contributed by atoms with Gasteiger partial charge in [-0.1, -0.05) is 30.3 Å². The van der Waals surface area contributed by atoms with Gasteiger partial charge in [-0.25, -0.2) is 0 Å². The number of hydrogen-bond donors (Lipinski definition) is 1. The highest BCUT2D eigenvalue weighted by atomic mass is 16.5. The molecule has 106 valence electrons. The van der Waals surface area contributed by atoms with Crippen LogP contribution in [0.4, 0.5) is 0 Å². The standard InChI is InChI=1S/C16H26N2O/c1-13(2)18-10-11-19-16(12-18)15(17)9-8-14-6-4-3-5-7-14/h3-7,13,15-16H,8-12,17H2,1-2H3. The van der Waals surface area contributed by atoms with E-state index in [9.17, 15) is 0 Å². The molecule has 0 spiro atoms. The van der Waals surface area contributed by atoms with Gasteiger partial charge in [0.25, 0.3) is 0 Å². The van der Waals surface area contributed by atoms with Gasteiger partial charge >= 0.3 is 0 Å². The molecule has 0 radical (unpaired) electrons. The summed E-state index contributed by atoms with van der Waals surface area (Å²) in [5, 5.41) is 0. The summed E-state index contributed by atoms with van der Waals surface area (Å²) in [7, 11) is 0. The van der Waals surface area contributed by atoms with Crippen LogP contribution in [0.2, 0.25) is 0 Å². The van der Waals surface area contributed by atoms with Crippen molar-refractivity contribution in [2.24, 2.45) is 5.73 Å². The molecule has 1 aliphatic rings. The Balaban J connectivity index is 1.81. The zero-order valence-electron chi connectivity index (χ0n) is 12.1. The van der Waals surface area contributed by atoms with E-state index in [1.54, 1.807) is 0 Å². The molecule has 3 heteroatoms. The van der Waals surface area contributed by atoms with Crippen molar-refractivity contribution in [1.29, 1.82) is 0 Å². The van der Waals surface area contributed by atoms with E-state index in [0.717, 1.165) is 32.5 Å². The fourth-order valence-electron chi connectivity index (χ4n) is 2.59. The first-order chi connectivity index (χ1) is 9.16. The number of nitrogens with two attached hydrogens (primary N) is 1. The van der Waals surface area contributed by atoms with Crippen LogP contribution in [0, 0.1) is 0 Å². The summed E-state index contributed by atoms with van der Waals surface area (Å²) in [5.41, 5.74) is 7.66. The van der Waals surface area contributed by atoms with Gasteiger partial charge in [-0.3, -0.25) is 4.90 Å². The quantitative estimate of drug-likeness (QED) is 0.882. The van der Waals surface area contributed by atoms with Gasteiger partial charge in [-0.15, -0.1) is 0 Å². The number of morpholine rings is 1. The maximum atomic E-state index is 6.31. The molecule has 19 heavy (non-hydrogen) atoms. The predicted octanol–water partition coefficient (Wildman–Crippen LogP) is 2.06. The van der Waals surface area contributed by atoms with Crippen LogP contribution in [0.3, 0.4) is 0 Å². The molecule has 3 nitrogen and oxygen atoms in total. The molecule has 0 aliphatic carbocycles. The van der Waals surface area contributed by atoms with Crippen molar-refractivity contribution in [3.05, 3.63) is 35.9 Å². The molecule has 0 saturated carbocycles. The molecule has 2 rings (SSSR count). The second-order valence-electron chi connectivity index (χ2n) is 5.69. The summed E-state index contributed by atoms with van der Waals surface area (Å²) >= 11 is 0. The molecule has 1 aliphatic heterocycles. The van der Waals surface area contributed by atoms with Crippen LogP contribution in [0.25, 0.3) is 0 Å². The summed E-state index contributed by atoms with van der Waals surface area (Å²) in [6, 6.07) is 11.2. The van der Waals surface area contributed by atoms with Gasteiger partial charge in [0.2, 0.25) is 0 Å². The third-order valence-corrected chi connectivity index (χ3v) is 3.94. The van der Waals surface area contributed by atoms with Crippen LogP contribution in [0.1, 0.15) is 25.8 Å². The molecule has 1 saturated heterocycles. The van der Waals surface area contributed by atoms with Crippen LogP contribution in [0.5, 0.6) is 0 Å². The summed E-state index contributed by atoms with van der Waals surface area (Å²) < 4.78 is 5.84. The minimum Gasteiger partial charge on any atom is -0.374 e. The minimum atomic E-state index is 0.127. The predicted molar refractivity (Wildman–Crippen MR) is 79.2 cm³/mol. The minimum absolute atomic E-state index is 0.127. The third kappa shape index (κ3) is 4.30. The first-order valence-electron chi connectivity index (χ1n) is 7.32. The number of hydrogen-bond acceptors (Lipinski definition) is 3. The molecule has 1 fully saturated rings. The van der Waals surface area contributed by atoms with Crippen molar-refractivity contribution < 1.29 is 4.74 Å². The molecule has 0 bridgehead atoms. The van der Waals surface area contributed by atoms with Crippen LogP contribution in [-0.2, 0) is 11.2 Å². The molecular formula is C16H26N2O. The van der Waals surface area contributed by atoms with E-state index in [0.29, 0.717) is 6.04 Å². The fourth-order valence-corrected chi connectivity index (χ4v) is 2.59. The van der Waals surface area contributed by atoms with Gasteiger partial charge in [-0.2, -0.15) is 0 Å². The van der Waals surface area contributed by atoms with Crippen molar-refractivity contribution in [3.8, 4) is 0 Å². The Morgan fingerprint density at radius 3 is 2.74 bits per heavy atom. The van der Waals surface area contributed by atoms with Crippen molar-refractivity contribution in [1.82, 2.24) is 4.90 Å².